The maximum atomic E-state index is 13.1. The Morgan fingerprint density at radius 2 is 1.19 bits per heavy atom. The summed E-state index contributed by atoms with van der Waals surface area (Å²) in [5, 5.41) is 1.66. The minimum atomic E-state index is -0.193. The van der Waals surface area contributed by atoms with E-state index in [9.17, 15) is 9.59 Å². The molecular weight excluding hydrogens is 328 g/mol. The second-order valence-corrected chi connectivity index (χ2v) is 6.68. The third kappa shape index (κ3) is 1.96. The third-order valence-corrected chi connectivity index (χ3v) is 4.79. The van der Waals surface area contributed by atoms with Gasteiger partial charge in [-0.25, -0.2) is 0 Å². The highest BCUT2D eigenvalue weighted by Crippen LogP contribution is 2.27. The predicted molar refractivity (Wildman–Crippen MR) is 103 cm³/mol. The van der Waals surface area contributed by atoms with Gasteiger partial charge in [-0.2, -0.15) is 0 Å². The Balaban J connectivity index is 2.07. The van der Waals surface area contributed by atoms with Gasteiger partial charge in [0.2, 0.25) is 10.9 Å². The molecule has 0 saturated heterocycles. The summed E-state index contributed by atoms with van der Waals surface area (Å²) in [7, 11) is 0. The molecule has 2 aromatic heterocycles. The highest BCUT2D eigenvalue weighted by Gasteiger charge is 2.16. The van der Waals surface area contributed by atoms with Crippen LogP contribution in [0, 0.1) is 13.8 Å². The molecule has 2 heterocycles. The van der Waals surface area contributed by atoms with Gasteiger partial charge in [-0.05, 0) is 61.4 Å². The van der Waals surface area contributed by atoms with Crippen LogP contribution in [0.25, 0.3) is 43.9 Å². The molecule has 0 aliphatic rings. The minimum Gasteiger partial charge on any atom is -0.456 e. The lowest BCUT2D eigenvalue weighted by atomic mass is 10.1. The van der Waals surface area contributed by atoms with E-state index in [4.69, 9.17) is 8.83 Å². The van der Waals surface area contributed by atoms with Crippen molar-refractivity contribution in [3.8, 4) is 0 Å². The van der Waals surface area contributed by atoms with Crippen molar-refractivity contribution in [2.24, 2.45) is 0 Å². The maximum Gasteiger partial charge on any atom is 0.204 e. The first-order valence-electron chi connectivity index (χ1n) is 8.36. The molecule has 0 aliphatic carbocycles. The summed E-state index contributed by atoms with van der Waals surface area (Å²) in [5.41, 5.74) is 3.34. The lowest BCUT2D eigenvalue weighted by Crippen LogP contribution is -2.07. The normalized spacial score (nSPS) is 11.8. The Bertz CT molecular complexity index is 1490. The van der Waals surface area contributed by atoms with E-state index in [1.54, 1.807) is 30.3 Å². The molecule has 126 valence electrons. The number of fused-ring (bicyclic) bond motifs is 5. The monoisotopic (exact) mass is 342 g/mol. The lowest BCUT2D eigenvalue weighted by molar-refractivity contribution is 0.649. The van der Waals surface area contributed by atoms with Crippen LogP contribution in [0.4, 0.5) is 0 Å². The third-order valence-electron chi connectivity index (χ3n) is 4.79. The van der Waals surface area contributed by atoms with E-state index in [0.29, 0.717) is 38.3 Å². The van der Waals surface area contributed by atoms with Gasteiger partial charge in [-0.1, -0.05) is 12.1 Å². The summed E-state index contributed by atoms with van der Waals surface area (Å²) >= 11 is 0. The highest BCUT2D eigenvalue weighted by molar-refractivity contribution is 6.07. The summed E-state index contributed by atoms with van der Waals surface area (Å²) in [4.78, 5) is 26.0. The molecular formula is C22H14O4. The number of hydrogen-bond donors (Lipinski definition) is 0. The van der Waals surface area contributed by atoms with Crippen LogP contribution in [0.2, 0.25) is 0 Å². The van der Waals surface area contributed by atoms with E-state index in [1.807, 2.05) is 32.0 Å². The summed E-state index contributed by atoms with van der Waals surface area (Å²) < 4.78 is 11.9. The molecule has 4 nitrogen and oxygen atoms in total. The van der Waals surface area contributed by atoms with Crippen molar-refractivity contribution in [3.05, 3.63) is 80.1 Å². The molecule has 0 fully saturated rings. The molecule has 0 saturated carbocycles. The first-order valence-corrected chi connectivity index (χ1v) is 8.36. The van der Waals surface area contributed by atoms with Gasteiger partial charge in [0.25, 0.3) is 0 Å². The number of rotatable bonds is 0. The zero-order chi connectivity index (χ0) is 18.0. The first-order chi connectivity index (χ1) is 12.5. The molecule has 26 heavy (non-hydrogen) atoms. The number of hydrogen-bond acceptors (Lipinski definition) is 4. The van der Waals surface area contributed by atoms with Crippen molar-refractivity contribution in [1.29, 1.82) is 0 Å². The minimum absolute atomic E-state index is 0.147. The predicted octanol–water partition coefficient (Wildman–Crippen LogP) is 4.82. The quantitative estimate of drug-likeness (QED) is 0.299. The van der Waals surface area contributed by atoms with Crippen molar-refractivity contribution < 1.29 is 8.83 Å². The van der Waals surface area contributed by atoms with Gasteiger partial charge in [-0.3, -0.25) is 9.59 Å². The van der Waals surface area contributed by atoms with E-state index in [-0.39, 0.29) is 16.4 Å². The summed E-state index contributed by atoms with van der Waals surface area (Å²) in [6, 6.07) is 14.2. The lowest BCUT2D eigenvalue weighted by Gasteiger charge is -2.06. The SMILES string of the molecule is Cc1ccc2c(=O)c3ccc4oc5cc(C)ccc5c(=O)c4c3oc2c1. The van der Waals surface area contributed by atoms with Gasteiger partial charge in [0.05, 0.1) is 16.2 Å². The van der Waals surface area contributed by atoms with Crippen molar-refractivity contribution in [2.45, 2.75) is 13.8 Å². The molecule has 3 aromatic carbocycles. The van der Waals surface area contributed by atoms with Crippen LogP contribution in [0.15, 0.2) is 67.0 Å². The van der Waals surface area contributed by atoms with Gasteiger partial charge in [0, 0.05) is 0 Å². The molecule has 5 aromatic rings. The van der Waals surface area contributed by atoms with Crippen LogP contribution in [-0.2, 0) is 0 Å². The van der Waals surface area contributed by atoms with E-state index in [2.05, 4.69) is 0 Å². The van der Waals surface area contributed by atoms with Crippen molar-refractivity contribution in [3.63, 3.8) is 0 Å². The number of benzene rings is 3. The second kappa shape index (κ2) is 5.05. The first kappa shape index (κ1) is 14.9. The fraction of sp³-hybridized carbons (Fsp3) is 0.0909. The Morgan fingerprint density at radius 1 is 0.615 bits per heavy atom. The van der Waals surface area contributed by atoms with Crippen LogP contribution in [0.5, 0.6) is 0 Å². The second-order valence-electron chi connectivity index (χ2n) is 6.68. The van der Waals surface area contributed by atoms with Crippen LogP contribution in [0.3, 0.4) is 0 Å². The van der Waals surface area contributed by atoms with E-state index < -0.39 is 0 Å². The molecule has 5 rings (SSSR count). The van der Waals surface area contributed by atoms with Crippen molar-refractivity contribution in [2.75, 3.05) is 0 Å². The van der Waals surface area contributed by atoms with Crippen molar-refractivity contribution in [1.82, 2.24) is 0 Å². The van der Waals surface area contributed by atoms with E-state index >= 15 is 0 Å². The van der Waals surface area contributed by atoms with Crippen LogP contribution in [-0.4, -0.2) is 0 Å². The van der Waals surface area contributed by atoms with E-state index in [1.165, 1.54) is 0 Å². The highest BCUT2D eigenvalue weighted by atomic mass is 16.3. The average Bonchev–Trinajstić information content (AvgIpc) is 2.61. The standard InChI is InChI=1S/C22H14O4/c1-11-4-6-14-17(9-11)25-16-8-7-15-20(23)13-5-3-12(2)10-18(13)26-22(15)19(16)21(14)24/h3-10H,1-2H3. The van der Waals surface area contributed by atoms with Gasteiger partial charge in [0.1, 0.15) is 22.1 Å². The molecule has 0 amide bonds. The number of aryl methyl sites for hydroxylation is 2. The Kier molecular flexibility index (Phi) is 2.89. The molecule has 0 bridgehead atoms. The Morgan fingerprint density at radius 3 is 1.88 bits per heavy atom. The summed E-state index contributed by atoms with van der Waals surface area (Å²) in [6.45, 7) is 3.87. The fourth-order valence-corrected chi connectivity index (χ4v) is 3.46. The average molecular weight is 342 g/mol. The molecule has 0 unspecified atom stereocenters. The Labute approximate surface area is 147 Å². The molecule has 0 radical (unpaired) electrons. The van der Waals surface area contributed by atoms with Crippen molar-refractivity contribution >= 4 is 43.9 Å². The zero-order valence-corrected chi connectivity index (χ0v) is 14.3. The van der Waals surface area contributed by atoms with Gasteiger partial charge in [0.15, 0.2) is 5.58 Å². The van der Waals surface area contributed by atoms with Gasteiger partial charge in [-0.15, -0.1) is 0 Å². The smallest absolute Gasteiger partial charge is 0.204 e. The maximum absolute atomic E-state index is 13.1. The van der Waals surface area contributed by atoms with Crippen LogP contribution < -0.4 is 10.9 Å². The summed E-state index contributed by atoms with van der Waals surface area (Å²) in [5.74, 6) is 0. The van der Waals surface area contributed by atoms with Crippen LogP contribution in [0.1, 0.15) is 11.1 Å². The largest absolute Gasteiger partial charge is 0.456 e. The Hall–Kier alpha value is -3.40. The van der Waals surface area contributed by atoms with Gasteiger partial charge >= 0.3 is 0 Å². The zero-order valence-electron chi connectivity index (χ0n) is 14.3. The van der Waals surface area contributed by atoms with E-state index in [0.717, 1.165) is 11.1 Å². The molecule has 0 aliphatic heterocycles. The van der Waals surface area contributed by atoms with Gasteiger partial charge < -0.3 is 8.83 Å². The molecule has 0 atom stereocenters. The van der Waals surface area contributed by atoms with Crippen LogP contribution >= 0.6 is 0 Å². The molecule has 0 N–H and O–H groups in total. The molecule has 0 spiro atoms. The fourth-order valence-electron chi connectivity index (χ4n) is 3.46. The topological polar surface area (TPSA) is 60.4 Å². The summed E-state index contributed by atoms with van der Waals surface area (Å²) in [6.07, 6.45) is 0. The molecule has 4 heteroatoms.